The third-order valence-electron chi connectivity index (χ3n) is 2.34. The third-order valence-corrected chi connectivity index (χ3v) is 2.34. The van der Waals surface area contributed by atoms with E-state index in [1.54, 1.807) is 4.90 Å². The van der Waals surface area contributed by atoms with Crippen LogP contribution in [0.5, 0.6) is 0 Å². The molecule has 1 rings (SSSR count). The number of rotatable bonds is 2. The molecular formula is C8H16N4O. The molecule has 1 atom stereocenters. The SMILES string of the molecule is N=C(N)CC1CCCN(C(N)=O)C1. The van der Waals surface area contributed by atoms with Crippen molar-refractivity contribution in [3.05, 3.63) is 0 Å². The lowest BCUT2D eigenvalue weighted by Gasteiger charge is -2.31. The standard InChI is InChI=1S/C8H16N4O/c9-7(10)4-6-2-1-3-12(5-6)8(11)13/h6H,1-5H2,(H3,9,10)(H2,11,13). The lowest BCUT2D eigenvalue weighted by atomic mass is 9.95. The van der Waals surface area contributed by atoms with Crippen LogP contribution in [0.15, 0.2) is 0 Å². The first-order valence-corrected chi connectivity index (χ1v) is 4.47. The number of nitrogens with two attached hydrogens (primary N) is 2. The maximum atomic E-state index is 10.8. The molecule has 13 heavy (non-hydrogen) atoms. The number of nitrogens with zero attached hydrogens (tertiary/aromatic N) is 1. The average molecular weight is 184 g/mol. The second-order valence-corrected chi connectivity index (χ2v) is 3.52. The van der Waals surface area contributed by atoms with E-state index in [9.17, 15) is 4.79 Å². The number of carbonyl (C=O) groups is 1. The van der Waals surface area contributed by atoms with Gasteiger partial charge in [0.25, 0.3) is 0 Å². The second-order valence-electron chi connectivity index (χ2n) is 3.52. The van der Waals surface area contributed by atoms with Crippen LogP contribution >= 0.6 is 0 Å². The van der Waals surface area contributed by atoms with Gasteiger partial charge in [-0.25, -0.2) is 4.79 Å². The minimum Gasteiger partial charge on any atom is -0.388 e. The van der Waals surface area contributed by atoms with Gasteiger partial charge >= 0.3 is 6.03 Å². The summed E-state index contributed by atoms with van der Waals surface area (Å²) in [6.45, 7) is 1.39. The van der Waals surface area contributed by atoms with Crippen molar-refractivity contribution in [3.63, 3.8) is 0 Å². The van der Waals surface area contributed by atoms with Crippen LogP contribution in [0.4, 0.5) is 4.79 Å². The molecule has 0 bridgehead atoms. The molecule has 0 saturated carbocycles. The van der Waals surface area contributed by atoms with Crippen LogP contribution in [0.25, 0.3) is 0 Å². The Balaban J connectivity index is 2.41. The minimum atomic E-state index is -0.367. The maximum absolute atomic E-state index is 10.8. The fourth-order valence-electron chi connectivity index (χ4n) is 1.74. The Kier molecular flexibility index (Phi) is 3.11. The summed E-state index contributed by atoms with van der Waals surface area (Å²) in [5.74, 6) is 0.509. The first-order chi connectivity index (χ1) is 6.09. The quantitative estimate of drug-likeness (QED) is 0.419. The molecule has 5 nitrogen and oxygen atoms in total. The molecule has 1 unspecified atom stereocenters. The zero-order chi connectivity index (χ0) is 9.84. The number of nitrogens with one attached hydrogen (secondary N) is 1. The molecule has 1 heterocycles. The number of primary amides is 1. The maximum Gasteiger partial charge on any atom is 0.314 e. The summed E-state index contributed by atoms with van der Waals surface area (Å²) in [4.78, 5) is 12.5. The molecule has 1 aliphatic heterocycles. The van der Waals surface area contributed by atoms with Gasteiger partial charge in [0.15, 0.2) is 0 Å². The molecular weight excluding hydrogens is 168 g/mol. The van der Waals surface area contributed by atoms with Crippen molar-refractivity contribution in [2.45, 2.75) is 19.3 Å². The molecule has 5 heteroatoms. The fraction of sp³-hybridized carbons (Fsp3) is 0.750. The number of amides is 2. The van der Waals surface area contributed by atoms with Crippen molar-refractivity contribution in [1.29, 1.82) is 5.41 Å². The van der Waals surface area contributed by atoms with Crippen molar-refractivity contribution < 1.29 is 4.79 Å². The number of amidine groups is 1. The van der Waals surface area contributed by atoms with Crippen LogP contribution in [0, 0.1) is 11.3 Å². The van der Waals surface area contributed by atoms with Gasteiger partial charge in [0, 0.05) is 19.5 Å². The Morgan fingerprint density at radius 1 is 1.54 bits per heavy atom. The van der Waals surface area contributed by atoms with Crippen LogP contribution in [0.2, 0.25) is 0 Å². The highest BCUT2D eigenvalue weighted by atomic mass is 16.2. The smallest absolute Gasteiger partial charge is 0.314 e. The van der Waals surface area contributed by atoms with Gasteiger partial charge in [-0.05, 0) is 18.8 Å². The molecule has 0 radical (unpaired) electrons. The number of urea groups is 1. The minimum absolute atomic E-state index is 0.191. The van der Waals surface area contributed by atoms with Crippen molar-refractivity contribution in [2.75, 3.05) is 13.1 Å². The van der Waals surface area contributed by atoms with Gasteiger partial charge in [-0.1, -0.05) is 0 Å². The Bertz CT molecular complexity index is 216. The molecule has 0 aliphatic carbocycles. The Hall–Kier alpha value is -1.26. The van der Waals surface area contributed by atoms with Crippen LogP contribution in [-0.2, 0) is 0 Å². The predicted octanol–water partition coefficient (Wildman–Crippen LogP) is 0.103. The number of hydrogen-bond acceptors (Lipinski definition) is 2. The summed E-state index contributed by atoms with van der Waals surface area (Å²) in [5, 5.41) is 7.15. The first-order valence-electron chi connectivity index (χ1n) is 4.47. The molecule has 1 fully saturated rings. The summed E-state index contributed by atoms with van der Waals surface area (Å²) >= 11 is 0. The zero-order valence-corrected chi connectivity index (χ0v) is 7.62. The highest BCUT2D eigenvalue weighted by molar-refractivity contribution is 5.77. The number of hydrogen-bond donors (Lipinski definition) is 3. The first kappa shape index (κ1) is 9.83. The van der Waals surface area contributed by atoms with Gasteiger partial charge in [-0.15, -0.1) is 0 Å². The normalized spacial score (nSPS) is 22.8. The number of likely N-dealkylation sites (tertiary alicyclic amines) is 1. The van der Waals surface area contributed by atoms with Crippen LogP contribution in [0.1, 0.15) is 19.3 Å². The molecule has 5 N–H and O–H groups in total. The lowest BCUT2D eigenvalue weighted by Crippen LogP contribution is -2.43. The molecule has 0 aromatic heterocycles. The summed E-state index contributed by atoms with van der Waals surface area (Å²) in [7, 11) is 0. The van der Waals surface area contributed by atoms with E-state index in [0.29, 0.717) is 18.9 Å². The Morgan fingerprint density at radius 2 is 2.23 bits per heavy atom. The predicted molar refractivity (Wildman–Crippen MR) is 50.4 cm³/mol. The molecule has 0 spiro atoms. The van der Waals surface area contributed by atoms with Gasteiger partial charge in [0.1, 0.15) is 0 Å². The van der Waals surface area contributed by atoms with E-state index >= 15 is 0 Å². The van der Waals surface area contributed by atoms with E-state index in [1.165, 1.54) is 0 Å². The van der Waals surface area contributed by atoms with E-state index < -0.39 is 0 Å². The molecule has 0 aromatic rings. The highest BCUT2D eigenvalue weighted by Crippen LogP contribution is 2.18. The van der Waals surface area contributed by atoms with Crippen LogP contribution in [0.3, 0.4) is 0 Å². The second kappa shape index (κ2) is 4.11. The van der Waals surface area contributed by atoms with Gasteiger partial charge in [0.2, 0.25) is 0 Å². The van der Waals surface area contributed by atoms with Gasteiger partial charge in [-0.2, -0.15) is 0 Å². The molecule has 74 valence electrons. The average Bonchev–Trinajstić information content (AvgIpc) is 2.03. The van der Waals surface area contributed by atoms with E-state index in [1.807, 2.05) is 0 Å². The number of piperidine rings is 1. The van der Waals surface area contributed by atoms with Crippen LogP contribution < -0.4 is 11.5 Å². The van der Waals surface area contributed by atoms with Crippen molar-refractivity contribution >= 4 is 11.9 Å². The van der Waals surface area contributed by atoms with E-state index in [2.05, 4.69) is 0 Å². The van der Waals surface area contributed by atoms with Crippen LogP contribution in [-0.4, -0.2) is 29.9 Å². The zero-order valence-electron chi connectivity index (χ0n) is 7.62. The third kappa shape index (κ3) is 2.93. The number of carbonyl (C=O) groups excluding carboxylic acids is 1. The lowest BCUT2D eigenvalue weighted by molar-refractivity contribution is 0.175. The van der Waals surface area contributed by atoms with Gasteiger partial charge < -0.3 is 16.4 Å². The fourth-order valence-corrected chi connectivity index (χ4v) is 1.74. The van der Waals surface area contributed by atoms with Crippen molar-refractivity contribution in [2.24, 2.45) is 17.4 Å². The Labute approximate surface area is 77.6 Å². The van der Waals surface area contributed by atoms with E-state index in [0.717, 1.165) is 19.4 Å². The molecule has 1 aliphatic rings. The van der Waals surface area contributed by atoms with Crippen molar-refractivity contribution in [1.82, 2.24) is 4.90 Å². The van der Waals surface area contributed by atoms with E-state index in [4.69, 9.17) is 16.9 Å². The molecule has 0 aromatic carbocycles. The molecule has 1 saturated heterocycles. The largest absolute Gasteiger partial charge is 0.388 e. The van der Waals surface area contributed by atoms with Gasteiger partial charge in [0.05, 0.1) is 5.84 Å². The summed E-state index contributed by atoms with van der Waals surface area (Å²) in [6, 6.07) is -0.367. The van der Waals surface area contributed by atoms with E-state index in [-0.39, 0.29) is 11.9 Å². The monoisotopic (exact) mass is 184 g/mol. The van der Waals surface area contributed by atoms with Gasteiger partial charge in [-0.3, -0.25) is 5.41 Å². The summed E-state index contributed by atoms with van der Waals surface area (Å²) < 4.78 is 0. The summed E-state index contributed by atoms with van der Waals surface area (Å²) in [6.07, 6.45) is 2.56. The summed E-state index contributed by atoms with van der Waals surface area (Å²) in [5.41, 5.74) is 10.5. The Morgan fingerprint density at radius 3 is 2.77 bits per heavy atom. The topological polar surface area (TPSA) is 96.2 Å². The molecule has 2 amide bonds. The highest BCUT2D eigenvalue weighted by Gasteiger charge is 2.22. The van der Waals surface area contributed by atoms with Crippen molar-refractivity contribution in [3.8, 4) is 0 Å².